The van der Waals surface area contributed by atoms with E-state index in [1.807, 2.05) is 31.3 Å². The van der Waals surface area contributed by atoms with Crippen molar-refractivity contribution < 1.29 is 0 Å². The summed E-state index contributed by atoms with van der Waals surface area (Å²) >= 11 is 9.54. The van der Waals surface area contributed by atoms with Gasteiger partial charge in [-0.25, -0.2) is 0 Å². The zero-order chi connectivity index (χ0) is 13.0. The molecule has 2 aromatic carbocycles. The number of hydrogen-bond donors (Lipinski definition) is 1. The number of benzene rings is 2. The molecule has 0 saturated carbocycles. The molecule has 1 atom stereocenters. The van der Waals surface area contributed by atoms with E-state index in [1.54, 1.807) is 0 Å². The minimum absolute atomic E-state index is 0.276. The molecule has 3 heteroatoms. The van der Waals surface area contributed by atoms with E-state index in [0.29, 0.717) is 0 Å². The van der Waals surface area contributed by atoms with Crippen LogP contribution in [0, 0.1) is 0 Å². The Bertz CT molecular complexity index is 527. The highest BCUT2D eigenvalue weighted by molar-refractivity contribution is 9.10. The van der Waals surface area contributed by atoms with Crippen LogP contribution in [0.2, 0.25) is 5.02 Å². The van der Waals surface area contributed by atoms with Gasteiger partial charge in [0.1, 0.15) is 0 Å². The molecule has 0 saturated heterocycles. The molecule has 18 heavy (non-hydrogen) atoms. The van der Waals surface area contributed by atoms with Crippen molar-refractivity contribution in [2.45, 2.75) is 12.5 Å². The standard InChI is InChI=1S/C15H15BrClN/c1-18-15(12-5-3-7-14(17)10-12)9-11-4-2-6-13(16)8-11/h2-8,10,15,18H,9H2,1H3. The Kier molecular flexibility index (Phi) is 4.81. The van der Waals surface area contributed by atoms with Crippen molar-refractivity contribution in [3.05, 3.63) is 69.2 Å². The molecule has 0 heterocycles. The second kappa shape index (κ2) is 6.37. The van der Waals surface area contributed by atoms with Gasteiger partial charge in [0.25, 0.3) is 0 Å². The topological polar surface area (TPSA) is 12.0 Å². The molecule has 0 aliphatic carbocycles. The van der Waals surface area contributed by atoms with Crippen LogP contribution in [-0.4, -0.2) is 7.05 Å². The van der Waals surface area contributed by atoms with Crippen LogP contribution < -0.4 is 5.32 Å². The van der Waals surface area contributed by atoms with Crippen LogP contribution >= 0.6 is 27.5 Å². The zero-order valence-electron chi connectivity index (χ0n) is 10.2. The Hall–Kier alpha value is -0.830. The van der Waals surface area contributed by atoms with E-state index in [2.05, 4.69) is 45.5 Å². The van der Waals surface area contributed by atoms with Crippen LogP contribution in [0.15, 0.2) is 53.0 Å². The molecule has 0 aliphatic heterocycles. The summed E-state index contributed by atoms with van der Waals surface area (Å²) in [5, 5.41) is 4.12. The third-order valence-electron chi connectivity index (χ3n) is 2.93. The van der Waals surface area contributed by atoms with E-state index in [4.69, 9.17) is 11.6 Å². The fraction of sp³-hybridized carbons (Fsp3) is 0.200. The normalized spacial score (nSPS) is 12.4. The first-order valence-corrected chi connectivity index (χ1v) is 7.03. The molecular formula is C15H15BrClN. The van der Waals surface area contributed by atoms with Gasteiger partial charge in [-0.1, -0.05) is 51.8 Å². The van der Waals surface area contributed by atoms with Gasteiger partial charge in [-0.2, -0.15) is 0 Å². The van der Waals surface area contributed by atoms with Crippen molar-refractivity contribution in [2.75, 3.05) is 7.05 Å². The summed E-state index contributed by atoms with van der Waals surface area (Å²) in [6.45, 7) is 0. The first kappa shape index (κ1) is 13.6. The molecule has 1 N–H and O–H groups in total. The summed E-state index contributed by atoms with van der Waals surface area (Å²) in [4.78, 5) is 0. The summed E-state index contributed by atoms with van der Waals surface area (Å²) < 4.78 is 1.11. The Labute approximate surface area is 121 Å². The van der Waals surface area contributed by atoms with E-state index < -0.39 is 0 Å². The number of hydrogen-bond acceptors (Lipinski definition) is 1. The van der Waals surface area contributed by atoms with Crippen molar-refractivity contribution in [2.24, 2.45) is 0 Å². The van der Waals surface area contributed by atoms with Crippen LogP contribution in [0.25, 0.3) is 0 Å². The highest BCUT2D eigenvalue weighted by Gasteiger charge is 2.10. The Balaban J connectivity index is 2.19. The summed E-state index contributed by atoms with van der Waals surface area (Å²) in [6.07, 6.45) is 0.941. The molecule has 0 aromatic heterocycles. The highest BCUT2D eigenvalue weighted by atomic mass is 79.9. The second-order valence-electron chi connectivity index (χ2n) is 4.23. The highest BCUT2D eigenvalue weighted by Crippen LogP contribution is 2.22. The monoisotopic (exact) mass is 323 g/mol. The second-order valence-corrected chi connectivity index (χ2v) is 5.58. The summed E-state index contributed by atoms with van der Waals surface area (Å²) in [5.74, 6) is 0. The van der Waals surface area contributed by atoms with Crippen LogP contribution in [0.3, 0.4) is 0 Å². The van der Waals surface area contributed by atoms with E-state index in [1.165, 1.54) is 11.1 Å². The predicted octanol–water partition coefficient (Wildman–Crippen LogP) is 4.61. The minimum Gasteiger partial charge on any atom is -0.313 e. The van der Waals surface area contributed by atoms with Gasteiger partial charge in [0.2, 0.25) is 0 Å². The van der Waals surface area contributed by atoms with Crippen molar-refractivity contribution in [1.82, 2.24) is 5.32 Å². The van der Waals surface area contributed by atoms with Gasteiger partial charge < -0.3 is 5.32 Å². The van der Waals surface area contributed by atoms with Crippen LogP contribution in [0.1, 0.15) is 17.2 Å². The molecule has 0 fully saturated rings. The van der Waals surface area contributed by atoms with Gasteiger partial charge in [-0.05, 0) is 48.9 Å². The lowest BCUT2D eigenvalue weighted by Crippen LogP contribution is -2.18. The van der Waals surface area contributed by atoms with E-state index in [9.17, 15) is 0 Å². The van der Waals surface area contributed by atoms with Gasteiger partial charge >= 0.3 is 0 Å². The Morgan fingerprint density at radius 2 is 1.94 bits per heavy atom. The Morgan fingerprint density at radius 3 is 2.61 bits per heavy atom. The maximum atomic E-state index is 6.04. The number of halogens is 2. The van der Waals surface area contributed by atoms with Gasteiger partial charge in [-0.3, -0.25) is 0 Å². The molecule has 2 aromatic rings. The third-order valence-corrected chi connectivity index (χ3v) is 3.66. The number of likely N-dealkylation sites (N-methyl/N-ethyl adjacent to an activating group) is 1. The third kappa shape index (κ3) is 3.58. The van der Waals surface area contributed by atoms with E-state index in [-0.39, 0.29) is 6.04 Å². The van der Waals surface area contributed by atoms with E-state index >= 15 is 0 Å². The lowest BCUT2D eigenvalue weighted by atomic mass is 9.99. The molecule has 1 unspecified atom stereocenters. The molecule has 0 radical (unpaired) electrons. The quantitative estimate of drug-likeness (QED) is 0.866. The van der Waals surface area contributed by atoms with Crippen molar-refractivity contribution >= 4 is 27.5 Å². The molecule has 94 valence electrons. The molecule has 0 amide bonds. The smallest absolute Gasteiger partial charge is 0.0409 e. The maximum Gasteiger partial charge on any atom is 0.0409 e. The molecule has 0 bridgehead atoms. The largest absolute Gasteiger partial charge is 0.313 e. The van der Waals surface area contributed by atoms with Crippen molar-refractivity contribution in [3.63, 3.8) is 0 Å². The van der Waals surface area contributed by atoms with Crippen LogP contribution in [0.4, 0.5) is 0 Å². The van der Waals surface area contributed by atoms with Gasteiger partial charge in [0.05, 0.1) is 0 Å². The first-order chi connectivity index (χ1) is 8.69. The SMILES string of the molecule is CNC(Cc1cccc(Br)c1)c1cccc(Cl)c1. The lowest BCUT2D eigenvalue weighted by molar-refractivity contribution is 0.592. The number of rotatable bonds is 4. The predicted molar refractivity (Wildman–Crippen MR) is 81.1 cm³/mol. The summed E-state index contributed by atoms with van der Waals surface area (Å²) in [6, 6.07) is 16.7. The zero-order valence-corrected chi connectivity index (χ0v) is 12.5. The minimum atomic E-state index is 0.276. The molecule has 1 nitrogen and oxygen atoms in total. The summed E-state index contributed by atoms with van der Waals surface area (Å²) in [5.41, 5.74) is 2.51. The average molecular weight is 325 g/mol. The van der Waals surface area contributed by atoms with Crippen molar-refractivity contribution in [1.29, 1.82) is 0 Å². The van der Waals surface area contributed by atoms with Gasteiger partial charge in [0, 0.05) is 15.5 Å². The van der Waals surface area contributed by atoms with Gasteiger partial charge in [0.15, 0.2) is 0 Å². The molecular weight excluding hydrogens is 310 g/mol. The summed E-state index contributed by atoms with van der Waals surface area (Å²) in [7, 11) is 1.98. The first-order valence-electron chi connectivity index (χ1n) is 5.86. The van der Waals surface area contributed by atoms with Gasteiger partial charge in [-0.15, -0.1) is 0 Å². The molecule has 0 aliphatic rings. The van der Waals surface area contributed by atoms with Crippen LogP contribution in [-0.2, 0) is 6.42 Å². The number of nitrogens with one attached hydrogen (secondary N) is 1. The fourth-order valence-corrected chi connectivity index (χ4v) is 2.65. The van der Waals surface area contributed by atoms with E-state index in [0.717, 1.165) is 15.9 Å². The average Bonchev–Trinajstić information content (AvgIpc) is 2.36. The fourth-order valence-electron chi connectivity index (χ4n) is 2.01. The molecule has 2 rings (SSSR count). The lowest BCUT2D eigenvalue weighted by Gasteiger charge is -2.17. The Morgan fingerprint density at radius 1 is 1.17 bits per heavy atom. The van der Waals surface area contributed by atoms with Crippen molar-refractivity contribution in [3.8, 4) is 0 Å². The molecule has 0 spiro atoms. The van der Waals surface area contributed by atoms with Crippen LogP contribution in [0.5, 0.6) is 0 Å². The maximum absolute atomic E-state index is 6.04.